The molecule has 0 radical (unpaired) electrons. The van der Waals surface area contributed by atoms with Gasteiger partial charge < -0.3 is 14.3 Å². The lowest BCUT2D eigenvalue weighted by Gasteiger charge is -2.05. The van der Waals surface area contributed by atoms with Crippen LogP contribution in [0, 0.1) is 11.6 Å². The lowest BCUT2D eigenvalue weighted by molar-refractivity contribution is 0.0995. The zero-order valence-electron chi connectivity index (χ0n) is 12.6. The summed E-state index contributed by atoms with van der Waals surface area (Å²) in [7, 11) is 1.88. The average molecular weight is 349 g/mol. The lowest BCUT2D eigenvalue weighted by atomic mass is 10.3. The van der Waals surface area contributed by atoms with Crippen molar-refractivity contribution in [1.29, 1.82) is 0 Å². The molecule has 0 aliphatic rings. The van der Waals surface area contributed by atoms with Gasteiger partial charge in [0.25, 0.3) is 5.91 Å². The van der Waals surface area contributed by atoms with Gasteiger partial charge in [0.05, 0.1) is 11.4 Å². The molecule has 0 fully saturated rings. The van der Waals surface area contributed by atoms with Crippen molar-refractivity contribution < 1.29 is 18.0 Å². The number of carbonyl (C=O) groups is 1. The van der Waals surface area contributed by atoms with Crippen molar-refractivity contribution in [2.24, 2.45) is 7.05 Å². The first-order valence-electron chi connectivity index (χ1n) is 6.99. The number of halogens is 2. The number of rotatable bonds is 5. The molecule has 2 aromatic heterocycles. The molecule has 24 heavy (non-hydrogen) atoms. The van der Waals surface area contributed by atoms with E-state index in [0.29, 0.717) is 11.5 Å². The molecule has 0 spiro atoms. The molecule has 8 heteroatoms. The highest BCUT2D eigenvalue weighted by molar-refractivity contribution is 7.98. The first-order chi connectivity index (χ1) is 11.5. The average Bonchev–Trinajstić information content (AvgIpc) is 3.19. The third-order valence-corrected chi connectivity index (χ3v) is 4.29. The van der Waals surface area contributed by atoms with Gasteiger partial charge >= 0.3 is 0 Å². The predicted molar refractivity (Wildman–Crippen MR) is 85.8 cm³/mol. The highest BCUT2D eigenvalue weighted by atomic mass is 32.2. The minimum absolute atomic E-state index is 0.0223. The number of furan rings is 1. The number of carbonyl (C=O) groups excluding carboxylic acids is 1. The molecule has 0 bridgehead atoms. The highest BCUT2D eigenvalue weighted by Crippen LogP contribution is 2.23. The molecule has 0 aliphatic carbocycles. The van der Waals surface area contributed by atoms with Crippen LogP contribution < -0.4 is 5.32 Å². The van der Waals surface area contributed by atoms with E-state index in [4.69, 9.17) is 4.42 Å². The van der Waals surface area contributed by atoms with Crippen molar-refractivity contribution in [3.63, 3.8) is 0 Å². The van der Waals surface area contributed by atoms with E-state index in [9.17, 15) is 13.6 Å². The summed E-state index contributed by atoms with van der Waals surface area (Å²) in [5.41, 5.74) is -0.236. The monoisotopic (exact) mass is 349 g/mol. The Hall–Kier alpha value is -2.61. The summed E-state index contributed by atoms with van der Waals surface area (Å²) in [6.45, 7) is 0. The minimum atomic E-state index is -1.11. The zero-order chi connectivity index (χ0) is 17.1. The summed E-state index contributed by atoms with van der Waals surface area (Å²) in [6.07, 6.45) is 3.52. The Kier molecular flexibility index (Phi) is 4.66. The summed E-state index contributed by atoms with van der Waals surface area (Å²) < 4.78 is 34.0. The molecular formula is C16H13F2N3O2S. The van der Waals surface area contributed by atoms with Crippen LogP contribution in [-0.2, 0) is 12.8 Å². The number of hydrogen-bond acceptors (Lipinski definition) is 4. The quantitative estimate of drug-likeness (QED) is 0.711. The van der Waals surface area contributed by atoms with Gasteiger partial charge in [-0.15, -0.1) is 0 Å². The van der Waals surface area contributed by atoms with Gasteiger partial charge in [-0.05, 0) is 24.3 Å². The second-order valence-electron chi connectivity index (χ2n) is 4.93. The Morgan fingerprint density at radius 3 is 2.92 bits per heavy atom. The largest absolute Gasteiger partial charge is 0.455 e. The fourth-order valence-corrected chi connectivity index (χ4v) is 2.81. The van der Waals surface area contributed by atoms with Gasteiger partial charge in [-0.25, -0.2) is 13.8 Å². The SMILES string of the molecule is Cn1ccnc1SCc1ccc(C(=O)Nc2cccc(F)c2F)o1. The van der Waals surface area contributed by atoms with Crippen LogP contribution >= 0.6 is 11.8 Å². The van der Waals surface area contributed by atoms with E-state index in [1.807, 2.05) is 17.8 Å². The van der Waals surface area contributed by atoms with Crippen LogP contribution in [0.15, 0.2) is 52.3 Å². The number of nitrogens with zero attached hydrogens (tertiary/aromatic N) is 2. The fourth-order valence-electron chi connectivity index (χ4n) is 1.99. The first kappa shape index (κ1) is 16.3. The zero-order valence-corrected chi connectivity index (χ0v) is 13.4. The van der Waals surface area contributed by atoms with Crippen LogP contribution in [0.4, 0.5) is 14.5 Å². The molecule has 1 N–H and O–H groups in total. The first-order valence-corrected chi connectivity index (χ1v) is 7.97. The molecule has 0 atom stereocenters. The molecule has 0 unspecified atom stereocenters. The molecule has 0 aliphatic heterocycles. The van der Waals surface area contributed by atoms with E-state index in [0.717, 1.165) is 11.2 Å². The Morgan fingerprint density at radius 1 is 1.33 bits per heavy atom. The summed E-state index contributed by atoms with van der Waals surface area (Å²) in [5.74, 6) is -1.69. The Labute approximate surface area is 140 Å². The van der Waals surface area contributed by atoms with Crippen molar-refractivity contribution in [1.82, 2.24) is 9.55 Å². The van der Waals surface area contributed by atoms with E-state index in [-0.39, 0.29) is 11.4 Å². The van der Waals surface area contributed by atoms with Crippen molar-refractivity contribution in [3.8, 4) is 0 Å². The predicted octanol–water partition coefficient (Wildman–Crippen LogP) is 3.84. The Bertz CT molecular complexity index is 876. The third-order valence-electron chi connectivity index (χ3n) is 3.21. The summed E-state index contributed by atoms with van der Waals surface area (Å²) >= 11 is 1.46. The van der Waals surface area contributed by atoms with Crippen LogP contribution in [-0.4, -0.2) is 15.5 Å². The van der Waals surface area contributed by atoms with Crippen LogP contribution in [0.25, 0.3) is 0 Å². The number of anilines is 1. The van der Waals surface area contributed by atoms with E-state index < -0.39 is 17.5 Å². The molecule has 3 aromatic rings. The smallest absolute Gasteiger partial charge is 0.291 e. The maximum Gasteiger partial charge on any atom is 0.291 e. The normalized spacial score (nSPS) is 10.8. The number of benzene rings is 1. The van der Waals surface area contributed by atoms with Crippen LogP contribution in [0.5, 0.6) is 0 Å². The maximum absolute atomic E-state index is 13.6. The number of aromatic nitrogens is 2. The number of hydrogen-bond donors (Lipinski definition) is 1. The van der Waals surface area contributed by atoms with E-state index in [1.165, 1.54) is 30.0 Å². The molecule has 5 nitrogen and oxygen atoms in total. The van der Waals surface area contributed by atoms with Crippen LogP contribution in [0.2, 0.25) is 0 Å². The molecule has 2 heterocycles. The molecule has 1 aromatic carbocycles. The third kappa shape index (κ3) is 3.48. The van der Waals surface area contributed by atoms with Crippen LogP contribution in [0.3, 0.4) is 0 Å². The van der Waals surface area contributed by atoms with Gasteiger partial charge in [-0.2, -0.15) is 0 Å². The molecule has 1 amide bonds. The van der Waals surface area contributed by atoms with Gasteiger partial charge in [0.15, 0.2) is 22.6 Å². The summed E-state index contributed by atoms with van der Waals surface area (Å²) in [4.78, 5) is 16.2. The molecular weight excluding hydrogens is 336 g/mol. The van der Waals surface area contributed by atoms with Crippen molar-refractivity contribution in [2.75, 3.05) is 5.32 Å². The van der Waals surface area contributed by atoms with Crippen LogP contribution in [0.1, 0.15) is 16.3 Å². The van der Waals surface area contributed by atoms with Gasteiger partial charge in [-0.1, -0.05) is 17.8 Å². The molecule has 0 saturated heterocycles. The number of imidazole rings is 1. The maximum atomic E-state index is 13.6. The number of thioether (sulfide) groups is 1. The van der Waals surface area contributed by atoms with Gasteiger partial charge in [0, 0.05) is 19.4 Å². The lowest BCUT2D eigenvalue weighted by Crippen LogP contribution is -2.12. The molecule has 3 rings (SSSR count). The molecule has 0 saturated carbocycles. The van der Waals surface area contributed by atoms with E-state index in [1.54, 1.807) is 12.3 Å². The number of amides is 1. The van der Waals surface area contributed by atoms with Gasteiger partial charge in [0.2, 0.25) is 0 Å². The van der Waals surface area contributed by atoms with E-state index in [2.05, 4.69) is 10.3 Å². The molecule has 124 valence electrons. The summed E-state index contributed by atoms with van der Waals surface area (Å²) in [5, 5.41) is 3.11. The summed E-state index contributed by atoms with van der Waals surface area (Å²) in [6, 6.07) is 6.71. The fraction of sp³-hybridized carbons (Fsp3) is 0.125. The van der Waals surface area contributed by atoms with Crippen molar-refractivity contribution in [2.45, 2.75) is 10.9 Å². The van der Waals surface area contributed by atoms with Crippen molar-refractivity contribution >= 4 is 23.4 Å². The topological polar surface area (TPSA) is 60.1 Å². The second kappa shape index (κ2) is 6.88. The number of aryl methyl sites for hydroxylation is 1. The highest BCUT2D eigenvalue weighted by Gasteiger charge is 2.15. The van der Waals surface area contributed by atoms with Gasteiger partial charge in [-0.3, -0.25) is 4.79 Å². The standard InChI is InChI=1S/C16H13F2N3O2S/c1-21-8-7-19-16(21)24-9-10-5-6-13(23-10)15(22)20-12-4-2-3-11(17)14(12)18/h2-8H,9H2,1H3,(H,20,22). The Morgan fingerprint density at radius 2 is 2.17 bits per heavy atom. The second-order valence-corrected chi connectivity index (χ2v) is 5.87. The minimum Gasteiger partial charge on any atom is -0.455 e. The van der Waals surface area contributed by atoms with Crippen molar-refractivity contribution in [3.05, 3.63) is 65.9 Å². The number of nitrogens with one attached hydrogen (secondary N) is 1. The van der Waals surface area contributed by atoms with E-state index >= 15 is 0 Å². The van der Waals surface area contributed by atoms with Gasteiger partial charge in [0.1, 0.15) is 5.76 Å². The Balaban J connectivity index is 1.65.